The average Bonchev–Trinajstić information content (AvgIpc) is 2.79. The molecule has 1 aliphatic rings. The summed E-state index contributed by atoms with van der Waals surface area (Å²) in [5.41, 5.74) is 1.91. The third kappa shape index (κ3) is 4.91. The van der Waals surface area contributed by atoms with Crippen LogP contribution in [0.4, 0.5) is 0 Å². The summed E-state index contributed by atoms with van der Waals surface area (Å²) in [7, 11) is 2.93. The van der Waals surface area contributed by atoms with Crippen LogP contribution in [0.5, 0.6) is 11.5 Å². The zero-order chi connectivity index (χ0) is 21.5. The number of rotatable bonds is 7. The molecule has 2 atom stereocenters. The van der Waals surface area contributed by atoms with Crippen LogP contribution in [0, 0.1) is 0 Å². The van der Waals surface area contributed by atoms with Crippen molar-refractivity contribution in [3.8, 4) is 11.5 Å². The van der Waals surface area contributed by atoms with Crippen LogP contribution >= 0.6 is 0 Å². The number of ether oxygens (including phenoxy) is 4. The van der Waals surface area contributed by atoms with E-state index >= 15 is 0 Å². The molecule has 0 spiro atoms. The number of hydrogen-bond acceptors (Lipinski definition) is 6. The summed E-state index contributed by atoms with van der Waals surface area (Å²) in [4.78, 5) is 24.4. The summed E-state index contributed by atoms with van der Waals surface area (Å²) < 4.78 is 21.4. The zero-order valence-corrected chi connectivity index (χ0v) is 17.5. The van der Waals surface area contributed by atoms with Gasteiger partial charge >= 0.3 is 5.97 Å². The number of nitrogens with one attached hydrogen (secondary N) is 1. The van der Waals surface area contributed by atoms with Gasteiger partial charge in [0.05, 0.1) is 33.0 Å². The fraction of sp³-hybridized carbons (Fsp3) is 0.391. The molecule has 1 fully saturated rings. The summed E-state index contributed by atoms with van der Waals surface area (Å²) in [6.45, 7) is 3.54. The highest BCUT2D eigenvalue weighted by Crippen LogP contribution is 2.34. The molecule has 1 amide bonds. The number of benzene rings is 2. The molecule has 0 bridgehead atoms. The van der Waals surface area contributed by atoms with Gasteiger partial charge in [-0.25, -0.2) is 4.79 Å². The molecule has 1 saturated heterocycles. The first kappa shape index (κ1) is 21.6. The van der Waals surface area contributed by atoms with Gasteiger partial charge in [0.1, 0.15) is 0 Å². The maximum Gasteiger partial charge on any atom is 0.337 e. The van der Waals surface area contributed by atoms with E-state index in [0.29, 0.717) is 48.9 Å². The maximum absolute atomic E-state index is 12.8. The molecule has 1 N–H and O–H groups in total. The lowest BCUT2D eigenvalue weighted by atomic mass is 9.88. The van der Waals surface area contributed by atoms with Gasteiger partial charge in [-0.15, -0.1) is 0 Å². The van der Waals surface area contributed by atoms with E-state index < -0.39 is 5.97 Å². The molecule has 0 radical (unpaired) electrons. The van der Waals surface area contributed by atoms with E-state index in [9.17, 15) is 9.59 Å². The summed E-state index contributed by atoms with van der Waals surface area (Å²) in [6, 6.07) is 12.1. The Morgan fingerprint density at radius 1 is 1.07 bits per heavy atom. The molecule has 2 aromatic rings. The predicted octanol–water partition coefficient (Wildman–Crippen LogP) is 3.18. The van der Waals surface area contributed by atoms with Gasteiger partial charge in [-0.1, -0.05) is 6.07 Å². The lowest BCUT2D eigenvalue weighted by Gasteiger charge is -2.33. The predicted molar refractivity (Wildman–Crippen MR) is 111 cm³/mol. The molecule has 1 heterocycles. The molecular formula is C23H27NO6. The second-order valence-electron chi connectivity index (χ2n) is 6.96. The van der Waals surface area contributed by atoms with Gasteiger partial charge in [-0.3, -0.25) is 4.79 Å². The van der Waals surface area contributed by atoms with E-state index in [1.807, 2.05) is 25.1 Å². The maximum atomic E-state index is 12.8. The van der Waals surface area contributed by atoms with Crippen LogP contribution in [-0.4, -0.2) is 52.0 Å². The number of carbonyl (C=O) groups excluding carboxylic acids is 2. The van der Waals surface area contributed by atoms with Crippen LogP contribution in [0.2, 0.25) is 0 Å². The Balaban J connectivity index is 1.76. The highest BCUT2D eigenvalue weighted by Gasteiger charge is 2.29. The first-order valence-corrected chi connectivity index (χ1v) is 9.95. The lowest BCUT2D eigenvalue weighted by Crippen LogP contribution is -2.44. The Morgan fingerprint density at radius 2 is 1.80 bits per heavy atom. The Bertz CT molecular complexity index is 880. The Labute approximate surface area is 176 Å². The Hall–Kier alpha value is -3.06. The molecular weight excluding hydrogens is 386 g/mol. The first-order valence-electron chi connectivity index (χ1n) is 9.95. The fourth-order valence-corrected chi connectivity index (χ4v) is 3.56. The van der Waals surface area contributed by atoms with Crippen molar-refractivity contribution in [2.24, 2.45) is 0 Å². The average molecular weight is 413 g/mol. The third-order valence-electron chi connectivity index (χ3n) is 5.16. The minimum Gasteiger partial charge on any atom is -0.493 e. The van der Waals surface area contributed by atoms with Crippen molar-refractivity contribution in [2.45, 2.75) is 25.3 Å². The van der Waals surface area contributed by atoms with Crippen LogP contribution in [0.3, 0.4) is 0 Å². The van der Waals surface area contributed by atoms with Crippen LogP contribution < -0.4 is 14.8 Å². The molecule has 30 heavy (non-hydrogen) atoms. The van der Waals surface area contributed by atoms with Crippen molar-refractivity contribution in [1.82, 2.24) is 5.32 Å². The van der Waals surface area contributed by atoms with Gasteiger partial charge in [0.25, 0.3) is 5.91 Å². The minimum atomic E-state index is -0.434. The van der Waals surface area contributed by atoms with Gasteiger partial charge in [0.15, 0.2) is 11.5 Å². The molecule has 1 aliphatic heterocycles. The van der Waals surface area contributed by atoms with Gasteiger partial charge in [0.2, 0.25) is 0 Å². The van der Waals surface area contributed by atoms with E-state index in [1.54, 1.807) is 31.4 Å². The fourth-order valence-electron chi connectivity index (χ4n) is 3.56. The highest BCUT2D eigenvalue weighted by atomic mass is 16.5. The Kier molecular flexibility index (Phi) is 7.30. The van der Waals surface area contributed by atoms with Gasteiger partial charge < -0.3 is 24.3 Å². The SMILES string of the molecule is CCOc1cc(C2COCCC2NC(=O)c2ccc(C(=O)OC)cc2)ccc1OC. The molecule has 2 unspecified atom stereocenters. The van der Waals surface area contributed by atoms with Crippen molar-refractivity contribution >= 4 is 11.9 Å². The number of carbonyl (C=O) groups is 2. The molecule has 160 valence electrons. The normalized spacial score (nSPS) is 18.4. The number of esters is 1. The van der Waals surface area contributed by atoms with E-state index in [-0.39, 0.29) is 17.9 Å². The standard InChI is InChI=1S/C23H27NO6/c1-4-30-21-13-17(9-10-20(21)27-2)18-14-29-12-11-19(18)24-22(25)15-5-7-16(8-6-15)23(26)28-3/h5-10,13,18-19H,4,11-12,14H2,1-3H3,(H,24,25). The number of methoxy groups -OCH3 is 2. The summed E-state index contributed by atoms with van der Waals surface area (Å²) in [5, 5.41) is 3.12. The highest BCUT2D eigenvalue weighted by molar-refractivity contribution is 5.96. The van der Waals surface area contributed by atoms with E-state index in [1.165, 1.54) is 7.11 Å². The molecule has 7 nitrogen and oxygen atoms in total. The topological polar surface area (TPSA) is 83.1 Å². The monoisotopic (exact) mass is 413 g/mol. The van der Waals surface area contributed by atoms with Crippen LogP contribution in [-0.2, 0) is 9.47 Å². The molecule has 0 saturated carbocycles. The van der Waals surface area contributed by atoms with E-state index in [2.05, 4.69) is 5.32 Å². The summed E-state index contributed by atoms with van der Waals surface area (Å²) in [5.74, 6) is 0.704. The van der Waals surface area contributed by atoms with Crippen molar-refractivity contribution in [2.75, 3.05) is 34.0 Å². The quantitative estimate of drug-likeness (QED) is 0.702. The minimum absolute atomic E-state index is 0.0119. The summed E-state index contributed by atoms with van der Waals surface area (Å²) in [6.07, 6.45) is 0.701. The van der Waals surface area contributed by atoms with Crippen molar-refractivity contribution in [3.63, 3.8) is 0 Å². The van der Waals surface area contributed by atoms with Crippen LogP contribution in [0.25, 0.3) is 0 Å². The Morgan fingerprint density at radius 3 is 2.47 bits per heavy atom. The molecule has 2 aromatic carbocycles. The molecule has 0 aromatic heterocycles. The van der Waals surface area contributed by atoms with Crippen LogP contribution in [0.15, 0.2) is 42.5 Å². The lowest BCUT2D eigenvalue weighted by molar-refractivity contribution is 0.0554. The van der Waals surface area contributed by atoms with Gasteiger partial charge in [-0.2, -0.15) is 0 Å². The van der Waals surface area contributed by atoms with E-state index in [0.717, 1.165) is 5.56 Å². The zero-order valence-electron chi connectivity index (χ0n) is 17.5. The molecule has 3 rings (SSSR count). The second-order valence-corrected chi connectivity index (χ2v) is 6.96. The van der Waals surface area contributed by atoms with E-state index in [4.69, 9.17) is 18.9 Å². The van der Waals surface area contributed by atoms with Gasteiger partial charge in [-0.05, 0) is 55.3 Å². The number of hydrogen-bond donors (Lipinski definition) is 1. The molecule has 7 heteroatoms. The molecule has 0 aliphatic carbocycles. The number of amides is 1. The summed E-state index contributed by atoms with van der Waals surface area (Å²) >= 11 is 0. The first-order chi connectivity index (χ1) is 14.6. The van der Waals surface area contributed by atoms with Gasteiger partial charge in [0, 0.05) is 24.1 Å². The van der Waals surface area contributed by atoms with Crippen molar-refractivity contribution in [1.29, 1.82) is 0 Å². The van der Waals surface area contributed by atoms with Crippen molar-refractivity contribution in [3.05, 3.63) is 59.2 Å². The smallest absolute Gasteiger partial charge is 0.337 e. The van der Waals surface area contributed by atoms with Crippen molar-refractivity contribution < 1.29 is 28.5 Å². The second kappa shape index (κ2) is 10.1. The third-order valence-corrected chi connectivity index (χ3v) is 5.16. The largest absolute Gasteiger partial charge is 0.493 e. The van der Waals surface area contributed by atoms with Crippen LogP contribution in [0.1, 0.15) is 45.5 Å².